The number of fused-ring (bicyclic) bond motifs is 1. The summed E-state index contributed by atoms with van der Waals surface area (Å²) in [7, 11) is 0. The second kappa shape index (κ2) is 6.76. The topological polar surface area (TPSA) is 56.7 Å². The minimum absolute atomic E-state index is 0.262. The Bertz CT molecular complexity index is 827. The number of rotatable bonds is 4. The number of aryl methyl sites for hydroxylation is 1. The van der Waals surface area contributed by atoms with Crippen LogP contribution < -0.4 is 0 Å². The minimum atomic E-state index is -0.262. The molecule has 3 heterocycles. The van der Waals surface area contributed by atoms with Crippen molar-refractivity contribution in [1.82, 2.24) is 19.7 Å². The monoisotopic (exact) mass is 344 g/mol. The molecule has 0 aliphatic carbocycles. The van der Waals surface area contributed by atoms with E-state index in [1.54, 1.807) is 30.1 Å². The summed E-state index contributed by atoms with van der Waals surface area (Å²) in [5, 5.41) is 9.51. The third-order valence-corrected chi connectivity index (χ3v) is 5.03. The quantitative estimate of drug-likeness (QED) is 0.667. The Kier molecular flexibility index (Phi) is 4.34. The average Bonchev–Trinajstić information content (AvgIpc) is 3.15. The van der Waals surface area contributed by atoms with E-state index >= 15 is 0 Å². The zero-order chi connectivity index (χ0) is 16.4. The molecule has 7 heteroatoms. The molecular formula is C17H17FN4OS. The van der Waals surface area contributed by atoms with Gasteiger partial charge in [-0.15, -0.1) is 10.2 Å². The molecule has 5 nitrogen and oxygen atoms in total. The molecule has 0 saturated carbocycles. The minimum Gasteiger partial charge on any atom is -0.440 e. The molecule has 0 atom stereocenters. The summed E-state index contributed by atoms with van der Waals surface area (Å²) in [6, 6.07) is 6.20. The van der Waals surface area contributed by atoms with E-state index in [1.807, 2.05) is 0 Å². The largest absolute Gasteiger partial charge is 0.440 e. The average molecular weight is 344 g/mol. The number of nitrogens with zero attached hydrogens (tertiary/aromatic N) is 4. The first-order valence-corrected chi connectivity index (χ1v) is 9.04. The fraction of sp³-hybridized carbons (Fsp3) is 0.353. The molecule has 0 N–H and O–H groups in total. The van der Waals surface area contributed by atoms with Crippen LogP contribution in [0.2, 0.25) is 0 Å². The van der Waals surface area contributed by atoms with Crippen LogP contribution in [-0.4, -0.2) is 19.7 Å². The van der Waals surface area contributed by atoms with Gasteiger partial charge in [0, 0.05) is 18.5 Å². The summed E-state index contributed by atoms with van der Waals surface area (Å²) in [6.07, 6.45) is 6.28. The lowest BCUT2D eigenvalue weighted by molar-refractivity contribution is 0.529. The van der Waals surface area contributed by atoms with E-state index in [1.165, 1.54) is 31.4 Å². The van der Waals surface area contributed by atoms with E-state index in [0.717, 1.165) is 29.5 Å². The molecule has 1 aliphatic rings. The third kappa shape index (κ3) is 3.21. The van der Waals surface area contributed by atoms with Gasteiger partial charge in [-0.2, -0.15) is 0 Å². The van der Waals surface area contributed by atoms with E-state index in [0.29, 0.717) is 17.4 Å². The lowest BCUT2D eigenvalue weighted by Gasteiger charge is -2.05. The molecule has 1 aliphatic heterocycles. The highest BCUT2D eigenvalue weighted by atomic mass is 32.2. The summed E-state index contributed by atoms with van der Waals surface area (Å²) in [4.78, 5) is 4.31. The molecule has 0 saturated heterocycles. The van der Waals surface area contributed by atoms with Gasteiger partial charge in [0.15, 0.2) is 10.9 Å². The van der Waals surface area contributed by atoms with Gasteiger partial charge in [0.2, 0.25) is 5.89 Å². The van der Waals surface area contributed by atoms with E-state index in [9.17, 15) is 4.39 Å². The van der Waals surface area contributed by atoms with Gasteiger partial charge in [-0.1, -0.05) is 18.2 Å². The first-order chi connectivity index (χ1) is 11.8. The summed E-state index contributed by atoms with van der Waals surface area (Å²) >= 11 is 1.59. The van der Waals surface area contributed by atoms with Gasteiger partial charge in [-0.3, -0.25) is 0 Å². The maximum absolute atomic E-state index is 13.0. The predicted molar refractivity (Wildman–Crippen MR) is 89.0 cm³/mol. The number of hydrogen-bond acceptors (Lipinski definition) is 5. The van der Waals surface area contributed by atoms with Crippen molar-refractivity contribution in [3.05, 3.63) is 48.0 Å². The summed E-state index contributed by atoms with van der Waals surface area (Å²) < 4.78 is 21.0. The molecule has 0 amide bonds. The van der Waals surface area contributed by atoms with E-state index in [-0.39, 0.29) is 5.82 Å². The van der Waals surface area contributed by atoms with Crippen LogP contribution in [0.15, 0.2) is 40.0 Å². The molecule has 1 aromatic carbocycles. The van der Waals surface area contributed by atoms with Gasteiger partial charge in [0.25, 0.3) is 0 Å². The van der Waals surface area contributed by atoms with E-state index in [2.05, 4.69) is 19.7 Å². The van der Waals surface area contributed by atoms with E-state index < -0.39 is 0 Å². The maximum atomic E-state index is 13.0. The Hall–Kier alpha value is -2.15. The van der Waals surface area contributed by atoms with E-state index in [4.69, 9.17) is 4.42 Å². The molecule has 24 heavy (non-hydrogen) atoms. The zero-order valence-corrected chi connectivity index (χ0v) is 13.9. The lowest BCUT2D eigenvalue weighted by Crippen LogP contribution is -2.02. The van der Waals surface area contributed by atoms with Crippen molar-refractivity contribution in [1.29, 1.82) is 0 Å². The van der Waals surface area contributed by atoms with Crippen LogP contribution in [0.25, 0.3) is 11.3 Å². The molecular weight excluding hydrogens is 327 g/mol. The number of benzene rings is 1. The van der Waals surface area contributed by atoms with Gasteiger partial charge >= 0.3 is 0 Å². The molecule has 0 bridgehead atoms. The lowest BCUT2D eigenvalue weighted by atomic mass is 10.2. The summed E-state index contributed by atoms with van der Waals surface area (Å²) in [6.45, 7) is 0.983. The van der Waals surface area contributed by atoms with Crippen molar-refractivity contribution >= 4 is 11.8 Å². The Labute approximate surface area is 143 Å². The van der Waals surface area contributed by atoms with Crippen molar-refractivity contribution in [2.24, 2.45) is 0 Å². The molecule has 0 fully saturated rings. The van der Waals surface area contributed by atoms with Crippen molar-refractivity contribution in [2.75, 3.05) is 0 Å². The summed E-state index contributed by atoms with van der Waals surface area (Å²) in [5.41, 5.74) is 0.816. The van der Waals surface area contributed by atoms with Gasteiger partial charge in [-0.05, 0) is 37.1 Å². The second-order valence-electron chi connectivity index (χ2n) is 5.77. The molecule has 0 spiro atoms. The van der Waals surface area contributed by atoms with Crippen molar-refractivity contribution in [3.8, 4) is 11.3 Å². The predicted octanol–water partition coefficient (Wildman–Crippen LogP) is 4.09. The highest BCUT2D eigenvalue weighted by Gasteiger charge is 2.16. The van der Waals surface area contributed by atoms with Gasteiger partial charge in [0.1, 0.15) is 11.6 Å². The highest BCUT2D eigenvalue weighted by Crippen LogP contribution is 2.27. The first-order valence-electron chi connectivity index (χ1n) is 8.05. The zero-order valence-electron chi connectivity index (χ0n) is 13.1. The van der Waals surface area contributed by atoms with Crippen molar-refractivity contribution in [3.63, 3.8) is 0 Å². The molecule has 0 radical (unpaired) electrons. The van der Waals surface area contributed by atoms with Crippen LogP contribution in [0.5, 0.6) is 0 Å². The molecule has 4 rings (SSSR count). The van der Waals surface area contributed by atoms with Crippen LogP contribution in [0, 0.1) is 5.82 Å². The number of hydrogen-bond donors (Lipinski definition) is 0. The molecule has 3 aromatic rings. The standard InChI is InChI=1S/C17H17FN4OS/c18-13-7-5-12(6-8-13)14-10-19-16(23-14)11-24-17-21-20-15-4-2-1-3-9-22(15)17/h5-8,10H,1-4,9,11H2. The van der Waals surface area contributed by atoms with Crippen LogP contribution in [-0.2, 0) is 18.7 Å². The SMILES string of the molecule is Fc1ccc(-c2cnc(CSc3nnc4n3CCCCC4)o2)cc1. The molecule has 2 aromatic heterocycles. The normalized spacial score (nSPS) is 14.4. The van der Waals surface area contributed by atoms with Crippen LogP contribution >= 0.6 is 11.8 Å². The fourth-order valence-corrected chi connectivity index (χ4v) is 3.65. The highest BCUT2D eigenvalue weighted by molar-refractivity contribution is 7.98. The fourth-order valence-electron chi connectivity index (χ4n) is 2.82. The summed E-state index contributed by atoms with van der Waals surface area (Å²) in [5.74, 6) is 2.69. The Morgan fingerprint density at radius 1 is 1.12 bits per heavy atom. The second-order valence-corrected chi connectivity index (χ2v) is 6.72. The van der Waals surface area contributed by atoms with Crippen LogP contribution in [0.3, 0.4) is 0 Å². The number of halogens is 1. The van der Waals surface area contributed by atoms with Crippen molar-refractivity contribution < 1.29 is 8.81 Å². The number of thioether (sulfide) groups is 1. The van der Waals surface area contributed by atoms with Crippen molar-refractivity contribution in [2.45, 2.75) is 43.1 Å². The maximum Gasteiger partial charge on any atom is 0.205 e. The Balaban J connectivity index is 1.45. The molecule has 0 unspecified atom stereocenters. The number of aromatic nitrogens is 4. The van der Waals surface area contributed by atoms with Gasteiger partial charge in [-0.25, -0.2) is 9.37 Å². The Morgan fingerprint density at radius 3 is 2.88 bits per heavy atom. The Morgan fingerprint density at radius 2 is 2.00 bits per heavy atom. The van der Waals surface area contributed by atoms with Crippen LogP contribution in [0.4, 0.5) is 4.39 Å². The molecule has 124 valence electrons. The van der Waals surface area contributed by atoms with Gasteiger partial charge in [0.05, 0.1) is 11.9 Å². The third-order valence-electron chi connectivity index (χ3n) is 4.08. The first kappa shape index (κ1) is 15.4. The number of oxazole rings is 1. The van der Waals surface area contributed by atoms with Crippen LogP contribution in [0.1, 0.15) is 31.0 Å². The van der Waals surface area contributed by atoms with Gasteiger partial charge < -0.3 is 8.98 Å². The smallest absolute Gasteiger partial charge is 0.205 e.